The predicted molar refractivity (Wildman–Crippen MR) is 66.5 cm³/mol. The van der Waals surface area contributed by atoms with E-state index in [0.717, 1.165) is 0 Å². The molecule has 7 heteroatoms. The van der Waals surface area contributed by atoms with Crippen LogP contribution in [0.1, 0.15) is 12.2 Å². The molecular formula is C12H12ClF3N2O. The number of rotatable bonds is 4. The van der Waals surface area contributed by atoms with Crippen molar-refractivity contribution >= 4 is 22.6 Å². The third-order valence-corrected chi connectivity index (χ3v) is 3.02. The summed E-state index contributed by atoms with van der Waals surface area (Å²) in [6.07, 6.45) is -5.13. The lowest BCUT2D eigenvalue weighted by molar-refractivity contribution is -0.136. The molecule has 1 heterocycles. The summed E-state index contributed by atoms with van der Waals surface area (Å²) in [6, 6.07) is 5.13. The molecule has 0 aliphatic rings. The molecule has 0 amide bonds. The lowest BCUT2D eigenvalue weighted by Gasteiger charge is -2.10. The van der Waals surface area contributed by atoms with Crippen LogP contribution in [0.3, 0.4) is 0 Å². The van der Waals surface area contributed by atoms with E-state index >= 15 is 0 Å². The predicted octanol–water partition coefficient (Wildman–Crippen LogP) is 3.74. The van der Waals surface area contributed by atoms with Crippen molar-refractivity contribution in [3.63, 3.8) is 0 Å². The van der Waals surface area contributed by atoms with Gasteiger partial charge in [-0.15, -0.1) is 11.6 Å². The van der Waals surface area contributed by atoms with Crippen molar-refractivity contribution in [2.75, 3.05) is 7.11 Å². The van der Waals surface area contributed by atoms with Crippen LogP contribution in [0.5, 0.6) is 5.75 Å². The monoisotopic (exact) mass is 292 g/mol. The first-order valence-electron chi connectivity index (χ1n) is 5.61. The first kappa shape index (κ1) is 14.0. The summed E-state index contributed by atoms with van der Waals surface area (Å²) in [5.74, 6) is 0.982. The number of para-hydroxylation sites is 1. The molecule has 1 aromatic carbocycles. The van der Waals surface area contributed by atoms with Crippen LogP contribution in [0.15, 0.2) is 18.2 Å². The van der Waals surface area contributed by atoms with Crippen LogP contribution < -0.4 is 4.74 Å². The largest absolute Gasteiger partial charge is 0.494 e. The minimum atomic E-state index is -4.21. The highest BCUT2D eigenvalue weighted by Crippen LogP contribution is 2.28. The van der Waals surface area contributed by atoms with Gasteiger partial charge in [-0.25, -0.2) is 4.98 Å². The molecule has 19 heavy (non-hydrogen) atoms. The van der Waals surface area contributed by atoms with Crippen molar-refractivity contribution in [2.24, 2.45) is 0 Å². The van der Waals surface area contributed by atoms with E-state index in [9.17, 15) is 13.2 Å². The standard InChI is InChI=1S/C12H12ClF3N2O/c1-19-9-4-2-3-8-11(9)17-10(7-13)18(8)6-5-12(14,15)16/h2-4H,5-7H2,1H3. The molecule has 0 aliphatic carbocycles. The van der Waals surface area contributed by atoms with Gasteiger partial charge in [-0.05, 0) is 12.1 Å². The Morgan fingerprint density at radius 1 is 1.37 bits per heavy atom. The zero-order chi connectivity index (χ0) is 14.0. The Balaban J connectivity index is 2.46. The number of methoxy groups -OCH3 is 1. The van der Waals surface area contributed by atoms with Gasteiger partial charge in [0, 0.05) is 6.54 Å². The fraction of sp³-hybridized carbons (Fsp3) is 0.417. The number of hydrogen-bond acceptors (Lipinski definition) is 2. The zero-order valence-corrected chi connectivity index (χ0v) is 10.9. The van der Waals surface area contributed by atoms with E-state index in [1.807, 2.05) is 0 Å². The molecule has 0 atom stereocenters. The summed E-state index contributed by atoms with van der Waals surface area (Å²) >= 11 is 5.74. The van der Waals surface area contributed by atoms with Gasteiger partial charge >= 0.3 is 6.18 Å². The zero-order valence-electron chi connectivity index (χ0n) is 10.2. The van der Waals surface area contributed by atoms with Crippen LogP contribution in [-0.2, 0) is 12.4 Å². The van der Waals surface area contributed by atoms with Crippen LogP contribution in [0, 0.1) is 0 Å². The third kappa shape index (κ3) is 2.94. The number of aromatic nitrogens is 2. The molecule has 104 valence electrons. The van der Waals surface area contributed by atoms with Crippen LogP contribution >= 0.6 is 11.6 Å². The van der Waals surface area contributed by atoms with Gasteiger partial charge in [0.15, 0.2) is 0 Å². The number of alkyl halides is 4. The normalized spacial score (nSPS) is 12.1. The second-order valence-electron chi connectivity index (χ2n) is 4.01. The van der Waals surface area contributed by atoms with Crippen molar-refractivity contribution in [2.45, 2.75) is 25.0 Å². The molecule has 2 aromatic rings. The van der Waals surface area contributed by atoms with Crippen molar-refractivity contribution in [3.8, 4) is 5.75 Å². The Morgan fingerprint density at radius 3 is 2.68 bits per heavy atom. The van der Waals surface area contributed by atoms with Crippen LogP contribution in [0.25, 0.3) is 11.0 Å². The van der Waals surface area contributed by atoms with Crippen molar-refractivity contribution in [3.05, 3.63) is 24.0 Å². The molecule has 1 aromatic heterocycles. The second kappa shape index (κ2) is 5.28. The average molecular weight is 293 g/mol. The van der Waals surface area contributed by atoms with Crippen LogP contribution in [0.2, 0.25) is 0 Å². The highest BCUT2D eigenvalue weighted by Gasteiger charge is 2.27. The first-order chi connectivity index (χ1) is 8.96. The van der Waals surface area contributed by atoms with Gasteiger partial charge in [0.1, 0.15) is 17.1 Å². The lowest BCUT2D eigenvalue weighted by Crippen LogP contribution is -2.13. The van der Waals surface area contributed by atoms with Gasteiger partial charge in [0.2, 0.25) is 0 Å². The maximum absolute atomic E-state index is 12.3. The Labute approximate surface area is 112 Å². The van der Waals surface area contributed by atoms with Gasteiger partial charge in [-0.1, -0.05) is 6.07 Å². The Morgan fingerprint density at radius 2 is 2.11 bits per heavy atom. The smallest absolute Gasteiger partial charge is 0.390 e. The Hall–Kier alpha value is -1.43. The number of hydrogen-bond donors (Lipinski definition) is 0. The lowest BCUT2D eigenvalue weighted by atomic mass is 10.3. The topological polar surface area (TPSA) is 27.1 Å². The molecular weight excluding hydrogens is 281 g/mol. The molecule has 0 aliphatic heterocycles. The molecule has 0 fully saturated rings. The minimum absolute atomic E-state index is 0.0513. The average Bonchev–Trinajstić information content (AvgIpc) is 2.73. The molecule has 0 saturated heterocycles. The van der Waals surface area contributed by atoms with Crippen molar-refractivity contribution in [1.82, 2.24) is 9.55 Å². The number of ether oxygens (including phenoxy) is 1. The van der Waals surface area contributed by atoms with E-state index in [-0.39, 0.29) is 12.4 Å². The van der Waals surface area contributed by atoms with Crippen molar-refractivity contribution < 1.29 is 17.9 Å². The first-order valence-corrected chi connectivity index (χ1v) is 6.14. The van der Waals surface area contributed by atoms with E-state index in [1.54, 1.807) is 18.2 Å². The Kier molecular flexibility index (Phi) is 3.89. The van der Waals surface area contributed by atoms with Crippen molar-refractivity contribution in [1.29, 1.82) is 0 Å². The molecule has 0 spiro atoms. The SMILES string of the molecule is COc1cccc2c1nc(CCl)n2CCC(F)(F)F. The van der Waals surface area contributed by atoms with E-state index in [0.29, 0.717) is 22.6 Å². The van der Waals surface area contributed by atoms with Gasteiger partial charge in [0.25, 0.3) is 0 Å². The quantitative estimate of drug-likeness (QED) is 0.803. The fourth-order valence-corrected chi connectivity index (χ4v) is 2.13. The van der Waals surface area contributed by atoms with Gasteiger partial charge in [0.05, 0.1) is 24.9 Å². The van der Waals surface area contributed by atoms with Gasteiger partial charge in [-0.2, -0.15) is 13.2 Å². The molecule has 0 N–H and O–H groups in total. The number of aryl methyl sites for hydroxylation is 1. The molecule has 0 radical (unpaired) electrons. The van der Waals surface area contributed by atoms with Crippen LogP contribution in [-0.4, -0.2) is 22.8 Å². The summed E-state index contributed by atoms with van der Waals surface area (Å²) in [7, 11) is 1.49. The number of fused-ring (bicyclic) bond motifs is 1. The van der Waals surface area contributed by atoms with E-state index in [4.69, 9.17) is 16.3 Å². The summed E-state index contributed by atoms with van der Waals surface area (Å²) in [5, 5.41) is 0. The number of imidazole rings is 1. The summed E-state index contributed by atoms with van der Waals surface area (Å²) in [6.45, 7) is -0.199. The number of benzene rings is 1. The van der Waals surface area contributed by atoms with E-state index in [1.165, 1.54) is 11.7 Å². The number of nitrogens with zero attached hydrogens (tertiary/aromatic N) is 2. The Bertz CT molecular complexity index is 580. The third-order valence-electron chi connectivity index (χ3n) is 2.78. The maximum atomic E-state index is 12.3. The summed E-state index contributed by atoms with van der Waals surface area (Å²) in [4.78, 5) is 4.24. The molecule has 0 saturated carbocycles. The molecule has 0 bridgehead atoms. The second-order valence-corrected chi connectivity index (χ2v) is 4.27. The molecule has 0 unspecified atom stereocenters. The fourth-order valence-electron chi connectivity index (χ4n) is 1.92. The number of halogens is 4. The van der Waals surface area contributed by atoms with Gasteiger partial charge < -0.3 is 9.30 Å². The minimum Gasteiger partial charge on any atom is -0.494 e. The van der Waals surface area contributed by atoms with Gasteiger partial charge in [-0.3, -0.25) is 0 Å². The van der Waals surface area contributed by atoms with Crippen LogP contribution in [0.4, 0.5) is 13.2 Å². The maximum Gasteiger partial charge on any atom is 0.390 e. The molecule has 2 rings (SSSR count). The highest BCUT2D eigenvalue weighted by molar-refractivity contribution is 6.16. The highest BCUT2D eigenvalue weighted by atomic mass is 35.5. The summed E-state index contributed by atoms with van der Waals surface area (Å²) < 4.78 is 43.6. The molecule has 3 nitrogen and oxygen atoms in total. The summed E-state index contributed by atoms with van der Waals surface area (Å²) in [5.41, 5.74) is 1.13. The van der Waals surface area contributed by atoms with E-state index < -0.39 is 12.6 Å². The van der Waals surface area contributed by atoms with E-state index in [2.05, 4.69) is 4.98 Å².